The second-order valence-electron chi connectivity index (χ2n) is 6.42. The standard InChI is InChI=1S/C19H19ClN8O/c20-16-12-23-19(26-18(16)14-10-24-28(13-14)5-1-4-21)25-15-2-3-17(22-11-15)27-6-8-29-9-7-27/h2-3,10-13H,1,5-9H2,(H,23,25,26). The third-order valence-corrected chi connectivity index (χ3v) is 4.72. The number of aryl methyl sites for hydroxylation is 1. The number of hydrogen-bond donors (Lipinski definition) is 1. The molecular weight excluding hydrogens is 392 g/mol. The van der Waals surface area contributed by atoms with Crippen LogP contribution < -0.4 is 10.2 Å². The van der Waals surface area contributed by atoms with Crippen LogP contribution in [0.3, 0.4) is 0 Å². The van der Waals surface area contributed by atoms with Gasteiger partial charge >= 0.3 is 0 Å². The van der Waals surface area contributed by atoms with Crippen LogP contribution in [0.15, 0.2) is 36.9 Å². The Morgan fingerprint density at radius 3 is 2.79 bits per heavy atom. The highest BCUT2D eigenvalue weighted by atomic mass is 35.5. The van der Waals surface area contributed by atoms with Crippen molar-refractivity contribution in [3.8, 4) is 17.3 Å². The molecule has 148 valence electrons. The fourth-order valence-corrected chi connectivity index (χ4v) is 3.17. The van der Waals surface area contributed by atoms with E-state index in [0.29, 0.717) is 29.6 Å². The fraction of sp³-hybridized carbons (Fsp3) is 0.316. The van der Waals surface area contributed by atoms with Crippen LogP contribution in [0.25, 0.3) is 11.3 Å². The lowest BCUT2D eigenvalue weighted by Gasteiger charge is -2.27. The quantitative estimate of drug-likeness (QED) is 0.661. The van der Waals surface area contributed by atoms with Gasteiger partial charge < -0.3 is 15.0 Å². The molecule has 29 heavy (non-hydrogen) atoms. The van der Waals surface area contributed by atoms with Gasteiger partial charge in [-0.2, -0.15) is 10.4 Å². The lowest BCUT2D eigenvalue weighted by atomic mass is 10.2. The Bertz CT molecular complexity index is 1010. The Hall–Kier alpha value is -3.22. The number of aromatic nitrogens is 5. The van der Waals surface area contributed by atoms with E-state index in [1.165, 1.54) is 0 Å². The zero-order valence-electron chi connectivity index (χ0n) is 15.6. The second-order valence-corrected chi connectivity index (χ2v) is 6.83. The molecule has 1 fully saturated rings. The van der Waals surface area contributed by atoms with Crippen molar-refractivity contribution >= 4 is 29.1 Å². The summed E-state index contributed by atoms with van der Waals surface area (Å²) in [5.74, 6) is 1.33. The molecule has 0 aliphatic carbocycles. The van der Waals surface area contributed by atoms with Gasteiger partial charge in [-0.1, -0.05) is 11.6 Å². The number of pyridine rings is 1. The average Bonchev–Trinajstić information content (AvgIpc) is 3.23. The van der Waals surface area contributed by atoms with Crippen molar-refractivity contribution in [1.29, 1.82) is 5.26 Å². The minimum atomic E-state index is 0.388. The van der Waals surface area contributed by atoms with E-state index in [1.807, 2.05) is 18.3 Å². The van der Waals surface area contributed by atoms with E-state index in [2.05, 4.69) is 36.3 Å². The first-order valence-electron chi connectivity index (χ1n) is 9.21. The minimum absolute atomic E-state index is 0.388. The summed E-state index contributed by atoms with van der Waals surface area (Å²) in [6, 6.07) is 6.00. The van der Waals surface area contributed by atoms with Crippen molar-refractivity contribution < 1.29 is 4.74 Å². The highest BCUT2D eigenvalue weighted by molar-refractivity contribution is 6.32. The lowest BCUT2D eigenvalue weighted by Crippen LogP contribution is -2.36. The van der Waals surface area contributed by atoms with Gasteiger partial charge in [0.05, 0.1) is 67.2 Å². The largest absolute Gasteiger partial charge is 0.378 e. The van der Waals surface area contributed by atoms with Crippen LogP contribution in [0.5, 0.6) is 0 Å². The zero-order chi connectivity index (χ0) is 20.1. The maximum absolute atomic E-state index is 8.71. The summed E-state index contributed by atoms with van der Waals surface area (Å²) < 4.78 is 7.07. The molecule has 3 aromatic heterocycles. The molecule has 0 amide bonds. The van der Waals surface area contributed by atoms with E-state index in [0.717, 1.165) is 43.4 Å². The Kier molecular flexibility index (Phi) is 5.84. The Labute approximate surface area is 172 Å². The number of halogens is 1. The number of rotatable bonds is 6. The normalized spacial score (nSPS) is 13.9. The molecule has 4 rings (SSSR count). The van der Waals surface area contributed by atoms with Gasteiger partial charge in [-0.3, -0.25) is 4.68 Å². The van der Waals surface area contributed by atoms with E-state index in [1.54, 1.807) is 23.3 Å². The van der Waals surface area contributed by atoms with E-state index in [-0.39, 0.29) is 0 Å². The maximum Gasteiger partial charge on any atom is 0.227 e. The zero-order valence-corrected chi connectivity index (χ0v) is 16.4. The van der Waals surface area contributed by atoms with Crippen molar-refractivity contribution in [1.82, 2.24) is 24.7 Å². The number of nitrogens with zero attached hydrogens (tertiary/aromatic N) is 7. The van der Waals surface area contributed by atoms with E-state index < -0.39 is 0 Å². The first kappa shape index (κ1) is 19.1. The molecule has 10 heteroatoms. The first-order chi connectivity index (χ1) is 14.2. The van der Waals surface area contributed by atoms with Crippen LogP contribution in [0.1, 0.15) is 6.42 Å². The monoisotopic (exact) mass is 410 g/mol. The van der Waals surface area contributed by atoms with Gasteiger partial charge in [0.15, 0.2) is 0 Å². The van der Waals surface area contributed by atoms with Gasteiger partial charge in [0.25, 0.3) is 0 Å². The molecule has 0 bridgehead atoms. The molecule has 0 aromatic carbocycles. The SMILES string of the molecule is N#CCCn1cc(-c2nc(Nc3ccc(N4CCOCC4)nc3)ncc2Cl)cn1. The van der Waals surface area contributed by atoms with Crippen molar-refractivity contribution in [2.75, 3.05) is 36.5 Å². The summed E-state index contributed by atoms with van der Waals surface area (Å²) in [7, 11) is 0. The summed E-state index contributed by atoms with van der Waals surface area (Å²) in [6.07, 6.45) is 7.18. The predicted octanol–water partition coefficient (Wildman–Crippen LogP) is 2.88. The number of nitriles is 1. The molecule has 1 aliphatic heterocycles. The Morgan fingerprint density at radius 1 is 1.17 bits per heavy atom. The van der Waals surface area contributed by atoms with Crippen LogP contribution in [0.4, 0.5) is 17.5 Å². The minimum Gasteiger partial charge on any atom is -0.378 e. The topological polar surface area (TPSA) is 105 Å². The first-order valence-corrected chi connectivity index (χ1v) is 9.59. The second kappa shape index (κ2) is 8.86. The van der Waals surface area contributed by atoms with Crippen LogP contribution in [-0.4, -0.2) is 51.0 Å². The highest BCUT2D eigenvalue weighted by Crippen LogP contribution is 2.27. The van der Waals surface area contributed by atoms with Gasteiger partial charge in [0.1, 0.15) is 5.82 Å². The number of anilines is 3. The molecule has 1 saturated heterocycles. The van der Waals surface area contributed by atoms with E-state index >= 15 is 0 Å². The molecule has 4 heterocycles. The van der Waals surface area contributed by atoms with Crippen LogP contribution in [0.2, 0.25) is 5.02 Å². The van der Waals surface area contributed by atoms with Crippen molar-refractivity contribution in [3.05, 3.63) is 41.9 Å². The van der Waals surface area contributed by atoms with Crippen molar-refractivity contribution in [2.24, 2.45) is 0 Å². The Morgan fingerprint density at radius 2 is 2.03 bits per heavy atom. The van der Waals surface area contributed by atoms with E-state index in [9.17, 15) is 0 Å². The molecule has 0 unspecified atom stereocenters. The molecule has 3 aromatic rings. The molecule has 0 saturated carbocycles. The molecule has 0 atom stereocenters. The lowest BCUT2D eigenvalue weighted by molar-refractivity contribution is 0.122. The van der Waals surface area contributed by atoms with Gasteiger partial charge in [-0.05, 0) is 12.1 Å². The molecule has 9 nitrogen and oxygen atoms in total. The highest BCUT2D eigenvalue weighted by Gasteiger charge is 2.13. The molecule has 1 aliphatic rings. The van der Waals surface area contributed by atoms with Gasteiger partial charge in [-0.25, -0.2) is 15.0 Å². The number of morpholine rings is 1. The van der Waals surface area contributed by atoms with Gasteiger partial charge in [-0.15, -0.1) is 0 Å². The third kappa shape index (κ3) is 4.62. The van der Waals surface area contributed by atoms with Gasteiger partial charge in [0, 0.05) is 24.8 Å². The predicted molar refractivity (Wildman–Crippen MR) is 109 cm³/mol. The summed E-state index contributed by atoms with van der Waals surface area (Å²) in [6.45, 7) is 3.63. The number of hydrogen-bond acceptors (Lipinski definition) is 8. The molecule has 1 N–H and O–H groups in total. The molecular formula is C19H19ClN8O. The summed E-state index contributed by atoms with van der Waals surface area (Å²) in [5.41, 5.74) is 2.12. The smallest absolute Gasteiger partial charge is 0.227 e. The summed E-state index contributed by atoms with van der Waals surface area (Å²) in [4.78, 5) is 15.5. The summed E-state index contributed by atoms with van der Waals surface area (Å²) in [5, 5.41) is 16.5. The summed E-state index contributed by atoms with van der Waals surface area (Å²) >= 11 is 6.28. The van der Waals surface area contributed by atoms with Crippen LogP contribution in [-0.2, 0) is 11.3 Å². The maximum atomic E-state index is 8.71. The Balaban J connectivity index is 1.49. The van der Waals surface area contributed by atoms with E-state index in [4.69, 9.17) is 21.6 Å². The van der Waals surface area contributed by atoms with Crippen LogP contribution in [0, 0.1) is 11.3 Å². The molecule has 0 radical (unpaired) electrons. The van der Waals surface area contributed by atoms with Crippen LogP contribution >= 0.6 is 11.6 Å². The van der Waals surface area contributed by atoms with Crippen molar-refractivity contribution in [2.45, 2.75) is 13.0 Å². The van der Waals surface area contributed by atoms with Gasteiger partial charge in [0.2, 0.25) is 5.95 Å². The third-order valence-electron chi connectivity index (χ3n) is 4.44. The fourth-order valence-electron chi connectivity index (χ4n) is 2.97. The number of nitrogens with one attached hydrogen (secondary N) is 1. The number of ether oxygens (including phenoxy) is 1. The average molecular weight is 411 g/mol. The molecule has 0 spiro atoms. The van der Waals surface area contributed by atoms with Crippen molar-refractivity contribution in [3.63, 3.8) is 0 Å².